The molecule has 1 unspecified atom stereocenters. The molecule has 0 bridgehead atoms. The number of hydrogen-bond acceptors (Lipinski definition) is 3. The Morgan fingerprint density at radius 1 is 1.14 bits per heavy atom. The number of benzene rings is 2. The maximum atomic E-state index is 14.0. The number of Topliss-reactive ketones (excluding diaryl/α,β-unsaturated/α-hetero) is 1. The van der Waals surface area contributed by atoms with E-state index in [9.17, 15) is 18.4 Å². The minimum Gasteiger partial charge on any atom is -0.345 e. The lowest BCUT2D eigenvalue weighted by Crippen LogP contribution is -2.42. The number of nitrogens with zero attached hydrogens (tertiary/aromatic N) is 2. The number of carbonyl (C=O) groups excluding carboxylic acids is 2. The Balaban J connectivity index is 1.52. The molecular weight excluding hydrogens is 376 g/mol. The van der Waals surface area contributed by atoms with E-state index in [4.69, 9.17) is 0 Å². The molecule has 1 aliphatic rings. The van der Waals surface area contributed by atoms with Crippen LogP contribution in [0.5, 0.6) is 0 Å². The quantitative estimate of drug-likeness (QED) is 0.677. The van der Waals surface area contributed by atoms with Crippen molar-refractivity contribution in [2.45, 2.75) is 12.8 Å². The zero-order chi connectivity index (χ0) is 20.4. The summed E-state index contributed by atoms with van der Waals surface area (Å²) < 4.78 is 27.5. The average Bonchev–Trinajstić information content (AvgIpc) is 3.30. The Morgan fingerprint density at radius 3 is 2.79 bits per heavy atom. The van der Waals surface area contributed by atoms with Crippen LogP contribution in [-0.2, 0) is 0 Å². The molecule has 2 aromatic carbocycles. The third-order valence-electron chi connectivity index (χ3n) is 5.15. The number of nitrogens with one attached hydrogen (secondary N) is 1. The number of amides is 1. The maximum absolute atomic E-state index is 14.0. The molecule has 0 aliphatic carbocycles. The molecule has 5 nitrogen and oxygen atoms in total. The van der Waals surface area contributed by atoms with Crippen LogP contribution in [0, 0.1) is 17.6 Å². The van der Waals surface area contributed by atoms with Crippen molar-refractivity contribution < 1.29 is 18.4 Å². The van der Waals surface area contributed by atoms with Crippen molar-refractivity contribution in [2.75, 3.05) is 13.1 Å². The Labute approximate surface area is 166 Å². The molecule has 148 valence electrons. The van der Waals surface area contributed by atoms with Crippen molar-refractivity contribution >= 4 is 11.7 Å². The van der Waals surface area contributed by atoms with Gasteiger partial charge < -0.3 is 9.88 Å². The van der Waals surface area contributed by atoms with Crippen LogP contribution in [0.25, 0.3) is 11.4 Å². The summed E-state index contributed by atoms with van der Waals surface area (Å²) >= 11 is 0. The molecule has 1 N–H and O–H groups in total. The number of imidazole rings is 1. The lowest BCUT2D eigenvalue weighted by Gasteiger charge is -2.32. The molecule has 29 heavy (non-hydrogen) atoms. The van der Waals surface area contributed by atoms with Crippen molar-refractivity contribution in [3.8, 4) is 11.4 Å². The zero-order valence-corrected chi connectivity index (χ0v) is 15.6. The largest absolute Gasteiger partial charge is 0.345 e. The number of aromatic amines is 1. The van der Waals surface area contributed by atoms with Crippen LogP contribution in [0.2, 0.25) is 0 Å². The lowest BCUT2D eigenvalue weighted by molar-refractivity contribution is 0.0635. The molecule has 4 rings (SSSR count). The normalized spacial score (nSPS) is 16.6. The minimum atomic E-state index is -0.744. The van der Waals surface area contributed by atoms with Crippen LogP contribution in [0.4, 0.5) is 8.78 Å². The molecule has 1 atom stereocenters. The third-order valence-corrected chi connectivity index (χ3v) is 5.15. The van der Waals surface area contributed by atoms with Gasteiger partial charge in [-0.2, -0.15) is 0 Å². The van der Waals surface area contributed by atoms with Crippen molar-refractivity contribution in [1.82, 2.24) is 14.9 Å². The number of H-pyrrole nitrogens is 1. The summed E-state index contributed by atoms with van der Waals surface area (Å²) in [6.45, 7) is 0.692. The van der Waals surface area contributed by atoms with E-state index in [1.165, 1.54) is 0 Å². The molecule has 2 heterocycles. The Kier molecular flexibility index (Phi) is 5.20. The van der Waals surface area contributed by atoms with Crippen LogP contribution in [0.3, 0.4) is 0 Å². The van der Waals surface area contributed by atoms with E-state index >= 15 is 0 Å². The van der Waals surface area contributed by atoms with Crippen LogP contribution in [0.15, 0.2) is 54.9 Å². The van der Waals surface area contributed by atoms with Crippen molar-refractivity contribution in [3.05, 3.63) is 77.6 Å². The van der Waals surface area contributed by atoms with Gasteiger partial charge >= 0.3 is 0 Å². The summed E-state index contributed by atoms with van der Waals surface area (Å²) in [7, 11) is 0. The second-order valence-corrected chi connectivity index (χ2v) is 7.10. The molecule has 0 radical (unpaired) electrons. The van der Waals surface area contributed by atoms with Gasteiger partial charge in [0.15, 0.2) is 5.78 Å². The van der Waals surface area contributed by atoms with Crippen molar-refractivity contribution in [2.24, 2.45) is 5.92 Å². The Hall–Kier alpha value is -3.35. The minimum absolute atomic E-state index is 0.179. The van der Waals surface area contributed by atoms with E-state index in [1.807, 2.05) is 6.07 Å². The fourth-order valence-electron chi connectivity index (χ4n) is 3.69. The summed E-state index contributed by atoms with van der Waals surface area (Å²) in [5.41, 5.74) is 1.01. The molecule has 7 heteroatoms. The number of aromatic nitrogens is 2. The summed E-state index contributed by atoms with van der Waals surface area (Å²) in [5, 5.41) is 0. The lowest BCUT2D eigenvalue weighted by atomic mass is 9.89. The number of likely N-dealkylation sites (tertiary alicyclic amines) is 1. The summed E-state index contributed by atoms with van der Waals surface area (Å²) in [4.78, 5) is 34.5. The first-order valence-corrected chi connectivity index (χ1v) is 9.41. The van der Waals surface area contributed by atoms with Gasteiger partial charge in [-0.3, -0.25) is 9.59 Å². The van der Waals surface area contributed by atoms with E-state index in [0.717, 1.165) is 23.8 Å². The summed E-state index contributed by atoms with van der Waals surface area (Å²) in [5.74, 6) is -1.97. The van der Waals surface area contributed by atoms with Gasteiger partial charge in [0.2, 0.25) is 0 Å². The number of hydrogen-bond donors (Lipinski definition) is 1. The van der Waals surface area contributed by atoms with Gasteiger partial charge in [-0.25, -0.2) is 13.8 Å². The highest BCUT2D eigenvalue weighted by atomic mass is 19.1. The van der Waals surface area contributed by atoms with Gasteiger partial charge in [-0.1, -0.05) is 12.1 Å². The highest BCUT2D eigenvalue weighted by Gasteiger charge is 2.31. The number of carbonyl (C=O) groups is 2. The second-order valence-electron chi connectivity index (χ2n) is 7.10. The van der Waals surface area contributed by atoms with Gasteiger partial charge in [-0.15, -0.1) is 0 Å². The summed E-state index contributed by atoms with van der Waals surface area (Å²) in [6.07, 6.45) is 4.49. The molecule has 3 aromatic rings. The first kappa shape index (κ1) is 19.0. The number of rotatable bonds is 4. The van der Waals surface area contributed by atoms with E-state index in [0.29, 0.717) is 30.8 Å². The van der Waals surface area contributed by atoms with Crippen molar-refractivity contribution in [3.63, 3.8) is 0 Å². The maximum Gasteiger partial charge on any atom is 0.253 e. The first-order valence-electron chi connectivity index (χ1n) is 9.41. The van der Waals surface area contributed by atoms with Gasteiger partial charge in [0.25, 0.3) is 5.91 Å². The molecular formula is C22H19F2N3O2. The fraction of sp³-hybridized carbons (Fsp3) is 0.227. The number of piperidine rings is 1. The molecule has 1 aliphatic heterocycles. The third kappa shape index (κ3) is 3.94. The second kappa shape index (κ2) is 7.95. The van der Waals surface area contributed by atoms with Crippen molar-refractivity contribution in [1.29, 1.82) is 0 Å². The smallest absolute Gasteiger partial charge is 0.253 e. The number of halogens is 2. The van der Waals surface area contributed by atoms with Gasteiger partial charge in [-0.05, 0) is 43.2 Å². The predicted octanol–water partition coefficient (Wildman–Crippen LogP) is 4.09. The molecule has 0 saturated carbocycles. The van der Waals surface area contributed by atoms with E-state index in [2.05, 4.69) is 9.97 Å². The number of ketones is 1. The topological polar surface area (TPSA) is 66.1 Å². The van der Waals surface area contributed by atoms with Crippen LogP contribution >= 0.6 is 0 Å². The monoisotopic (exact) mass is 395 g/mol. The molecule has 0 spiro atoms. The zero-order valence-electron chi connectivity index (χ0n) is 15.6. The van der Waals surface area contributed by atoms with E-state index in [-0.39, 0.29) is 18.0 Å². The Morgan fingerprint density at radius 2 is 2.00 bits per heavy atom. The fourth-order valence-corrected chi connectivity index (χ4v) is 3.69. The highest BCUT2D eigenvalue weighted by Crippen LogP contribution is 2.25. The van der Waals surface area contributed by atoms with Crippen LogP contribution < -0.4 is 0 Å². The van der Waals surface area contributed by atoms with Gasteiger partial charge in [0.1, 0.15) is 17.5 Å². The first-order chi connectivity index (χ1) is 14.0. The SMILES string of the molecule is O=C(c1cc(F)ccc1F)C1CCCN(C(=O)c2cccc(-c3ncc[nH]3)c2)C1. The van der Waals surface area contributed by atoms with Crippen LogP contribution in [0.1, 0.15) is 33.6 Å². The molecule has 1 fully saturated rings. The van der Waals surface area contributed by atoms with Gasteiger partial charge in [0, 0.05) is 42.5 Å². The van der Waals surface area contributed by atoms with Crippen LogP contribution in [-0.4, -0.2) is 39.6 Å². The van der Waals surface area contributed by atoms with E-state index < -0.39 is 23.3 Å². The standard InChI is InChI=1S/C22H19F2N3O2/c23-17-6-7-19(24)18(12-17)20(28)16-5-2-10-27(13-16)22(29)15-4-1-3-14(11-15)21-25-8-9-26-21/h1,3-4,6-9,11-12,16H,2,5,10,13H2,(H,25,26). The predicted molar refractivity (Wildman–Crippen MR) is 103 cm³/mol. The molecule has 1 saturated heterocycles. The summed E-state index contributed by atoms with van der Waals surface area (Å²) in [6, 6.07) is 9.95. The molecule has 1 amide bonds. The van der Waals surface area contributed by atoms with Gasteiger partial charge in [0.05, 0.1) is 5.56 Å². The molecule has 1 aromatic heterocycles. The van der Waals surface area contributed by atoms with E-state index in [1.54, 1.807) is 35.5 Å². The Bertz CT molecular complexity index is 1050. The highest BCUT2D eigenvalue weighted by molar-refractivity contribution is 5.99. The average molecular weight is 395 g/mol.